The van der Waals surface area contributed by atoms with Gasteiger partial charge in [0.2, 0.25) is 15.9 Å². The van der Waals surface area contributed by atoms with Crippen LogP contribution < -0.4 is 4.90 Å². The molecule has 1 atom stereocenters. The summed E-state index contributed by atoms with van der Waals surface area (Å²) >= 11 is 0. The van der Waals surface area contributed by atoms with E-state index in [-0.39, 0.29) is 22.8 Å². The highest BCUT2D eigenvalue weighted by Gasteiger charge is 2.35. The zero-order valence-electron chi connectivity index (χ0n) is 18.1. The molecule has 2 saturated heterocycles. The molecule has 7 nitrogen and oxygen atoms in total. The Morgan fingerprint density at radius 3 is 2.48 bits per heavy atom. The number of benzene rings is 1. The predicted molar refractivity (Wildman–Crippen MR) is 120 cm³/mol. The van der Waals surface area contributed by atoms with E-state index in [0.29, 0.717) is 39.0 Å². The number of hydrogen-bond donors (Lipinski definition) is 0. The van der Waals surface area contributed by atoms with Crippen LogP contribution in [0.4, 0.5) is 5.69 Å². The van der Waals surface area contributed by atoms with Gasteiger partial charge in [0.25, 0.3) is 0 Å². The minimum absolute atomic E-state index is 0.113. The zero-order chi connectivity index (χ0) is 22.0. The van der Waals surface area contributed by atoms with Gasteiger partial charge in [0.15, 0.2) is 0 Å². The summed E-state index contributed by atoms with van der Waals surface area (Å²) in [6, 6.07) is 11.9. The molecule has 1 unspecified atom stereocenters. The van der Waals surface area contributed by atoms with Crippen molar-refractivity contribution < 1.29 is 13.2 Å². The lowest BCUT2D eigenvalue weighted by Gasteiger charge is -2.43. The highest BCUT2D eigenvalue weighted by molar-refractivity contribution is 7.89. The fourth-order valence-corrected chi connectivity index (χ4v) is 6.03. The Morgan fingerprint density at radius 2 is 1.84 bits per heavy atom. The van der Waals surface area contributed by atoms with E-state index < -0.39 is 10.0 Å². The van der Waals surface area contributed by atoms with Crippen molar-refractivity contribution in [3.63, 3.8) is 0 Å². The Hall–Kier alpha value is -2.45. The van der Waals surface area contributed by atoms with Crippen LogP contribution in [0.5, 0.6) is 0 Å². The number of carbonyl (C=O) groups is 1. The molecule has 0 spiro atoms. The summed E-state index contributed by atoms with van der Waals surface area (Å²) in [7, 11) is -3.55. The average molecular weight is 443 g/mol. The average Bonchev–Trinajstić information content (AvgIpc) is 2.79. The molecular weight excluding hydrogens is 412 g/mol. The number of aromatic nitrogens is 1. The van der Waals surface area contributed by atoms with Crippen LogP contribution >= 0.6 is 0 Å². The highest BCUT2D eigenvalue weighted by atomic mass is 32.2. The van der Waals surface area contributed by atoms with Crippen LogP contribution in [0.15, 0.2) is 53.7 Å². The molecule has 2 aromatic rings. The minimum Gasteiger partial charge on any atom is -0.365 e. The summed E-state index contributed by atoms with van der Waals surface area (Å²) in [5.41, 5.74) is 2.43. The predicted octanol–water partition coefficient (Wildman–Crippen LogP) is 2.53. The van der Waals surface area contributed by atoms with Crippen molar-refractivity contribution in [1.82, 2.24) is 14.2 Å². The van der Waals surface area contributed by atoms with Crippen LogP contribution in [0.3, 0.4) is 0 Å². The quantitative estimate of drug-likeness (QED) is 0.728. The van der Waals surface area contributed by atoms with Crippen LogP contribution in [0, 0.1) is 12.8 Å². The van der Waals surface area contributed by atoms with Crippen molar-refractivity contribution in [2.24, 2.45) is 5.92 Å². The lowest BCUT2D eigenvalue weighted by Crippen LogP contribution is -2.55. The van der Waals surface area contributed by atoms with Crippen molar-refractivity contribution in [1.29, 1.82) is 0 Å². The molecule has 8 heteroatoms. The first-order valence-electron chi connectivity index (χ1n) is 10.9. The Bertz CT molecular complexity index is 1020. The van der Waals surface area contributed by atoms with Crippen molar-refractivity contribution >= 4 is 21.6 Å². The molecule has 2 aliphatic rings. The second kappa shape index (κ2) is 8.96. The largest absolute Gasteiger partial charge is 0.365 e. The number of nitrogens with zero attached hydrogens (tertiary/aromatic N) is 4. The number of amides is 1. The first kappa shape index (κ1) is 21.8. The fourth-order valence-electron chi connectivity index (χ4n) is 4.60. The summed E-state index contributed by atoms with van der Waals surface area (Å²) in [4.78, 5) is 21.6. The molecule has 4 rings (SSSR count). The van der Waals surface area contributed by atoms with E-state index in [0.717, 1.165) is 6.54 Å². The van der Waals surface area contributed by atoms with Gasteiger partial charge in [0.1, 0.15) is 4.90 Å². The van der Waals surface area contributed by atoms with E-state index in [1.807, 2.05) is 4.90 Å². The lowest BCUT2D eigenvalue weighted by molar-refractivity contribution is -0.137. The van der Waals surface area contributed by atoms with Crippen LogP contribution in [-0.4, -0.2) is 67.3 Å². The molecular formula is C23H30N4O3S. The summed E-state index contributed by atoms with van der Waals surface area (Å²) < 4.78 is 27.1. The smallest absolute Gasteiger partial charge is 0.244 e. The molecule has 2 fully saturated rings. The van der Waals surface area contributed by atoms with Gasteiger partial charge >= 0.3 is 0 Å². The number of aryl methyl sites for hydroxylation is 1. The molecule has 1 aromatic heterocycles. The van der Waals surface area contributed by atoms with Gasteiger partial charge in [-0.25, -0.2) is 8.42 Å². The lowest BCUT2D eigenvalue weighted by atomic mass is 9.95. The monoisotopic (exact) mass is 442 g/mol. The fraction of sp³-hybridized carbons (Fsp3) is 0.478. The maximum atomic E-state index is 13.2. The Morgan fingerprint density at radius 1 is 1.06 bits per heavy atom. The number of piperidine rings is 1. The maximum Gasteiger partial charge on any atom is 0.244 e. The van der Waals surface area contributed by atoms with Crippen LogP contribution in [0.1, 0.15) is 25.3 Å². The number of carbonyl (C=O) groups excluding carboxylic acids is 1. The van der Waals surface area contributed by atoms with Crippen molar-refractivity contribution in [3.8, 4) is 0 Å². The maximum absolute atomic E-state index is 13.2. The molecule has 1 amide bonds. The molecule has 0 radical (unpaired) electrons. The second-order valence-electron chi connectivity index (χ2n) is 8.53. The second-order valence-corrected chi connectivity index (χ2v) is 10.5. The third-order valence-corrected chi connectivity index (χ3v) is 8.23. The molecule has 0 saturated carbocycles. The topological polar surface area (TPSA) is 73.8 Å². The minimum atomic E-state index is -3.55. The molecule has 0 bridgehead atoms. The SMILES string of the molecule is Cc1cccc(N2CCN(C(=O)C3CCN(S(=O)(=O)c4cccnc4)CC3)CC2C)c1. The molecule has 31 heavy (non-hydrogen) atoms. The number of rotatable bonds is 4. The van der Waals surface area contributed by atoms with Gasteiger partial charge in [-0.05, 0) is 56.5 Å². The Kier molecular flexibility index (Phi) is 6.29. The first-order valence-corrected chi connectivity index (χ1v) is 12.3. The number of pyridine rings is 1. The Labute approximate surface area is 184 Å². The molecule has 0 N–H and O–H groups in total. The van der Waals surface area contributed by atoms with Crippen LogP contribution in [0.2, 0.25) is 0 Å². The van der Waals surface area contributed by atoms with Gasteiger partial charge in [-0.2, -0.15) is 4.31 Å². The first-order chi connectivity index (χ1) is 14.9. The van der Waals surface area contributed by atoms with Gasteiger partial charge in [-0.3, -0.25) is 9.78 Å². The number of anilines is 1. The standard InChI is InChI=1S/C23H30N4O3S/c1-18-5-3-6-21(15-18)27-14-13-25(17-19(27)2)23(28)20-8-11-26(12-9-20)31(29,30)22-7-4-10-24-16-22/h3-7,10,15-16,19-20H,8-9,11-14,17H2,1-2H3. The molecule has 3 heterocycles. The number of sulfonamides is 1. The molecule has 1 aromatic carbocycles. The van der Waals surface area contributed by atoms with E-state index in [1.54, 1.807) is 18.3 Å². The Balaban J connectivity index is 1.34. The zero-order valence-corrected chi connectivity index (χ0v) is 19.0. The molecule has 166 valence electrons. The van der Waals surface area contributed by atoms with Gasteiger partial charge < -0.3 is 9.80 Å². The van der Waals surface area contributed by atoms with Gasteiger partial charge in [0.05, 0.1) is 0 Å². The summed E-state index contributed by atoms with van der Waals surface area (Å²) in [6.45, 7) is 7.19. The van der Waals surface area contributed by atoms with E-state index in [9.17, 15) is 13.2 Å². The highest BCUT2D eigenvalue weighted by Crippen LogP contribution is 2.27. The molecule has 2 aliphatic heterocycles. The van der Waals surface area contributed by atoms with Crippen molar-refractivity contribution in [3.05, 3.63) is 54.4 Å². The van der Waals surface area contributed by atoms with E-state index in [4.69, 9.17) is 0 Å². The normalized spacial score (nSPS) is 21.3. The summed E-state index contributed by atoms with van der Waals surface area (Å²) in [5, 5.41) is 0. The third-order valence-electron chi connectivity index (χ3n) is 6.35. The van der Waals surface area contributed by atoms with Gasteiger partial charge in [-0.1, -0.05) is 12.1 Å². The number of hydrogen-bond acceptors (Lipinski definition) is 5. The number of piperazine rings is 1. The third kappa shape index (κ3) is 4.60. The van der Waals surface area contributed by atoms with Crippen molar-refractivity contribution in [2.75, 3.05) is 37.6 Å². The van der Waals surface area contributed by atoms with E-state index in [2.05, 4.69) is 48.0 Å². The van der Waals surface area contributed by atoms with Crippen LogP contribution in [0.25, 0.3) is 0 Å². The van der Waals surface area contributed by atoms with Crippen molar-refractivity contribution in [2.45, 2.75) is 37.6 Å². The van der Waals surface area contributed by atoms with Gasteiger partial charge in [0, 0.05) is 62.8 Å². The van der Waals surface area contributed by atoms with E-state index in [1.165, 1.54) is 21.8 Å². The van der Waals surface area contributed by atoms with Gasteiger partial charge in [-0.15, -0.1) is 0 Å². The van der Waals surface area contributed by atoms with E-state index >= 15 is 0 Å². The molecule has 0 aliphatic carbocycles. The van der Waals surface area contributed by atoms with Crippen LogP contribution in [-0.2, 0) is 14.8 Å². The summed E-state index contributed by atoms with van der Waals surface area (Å²) in [5.74, 6) is 0.0484. The summed E-state index contributed by atoms with van der Waals surface area (Å²) in [6.07, 6.45) is 4.06.